The van der Waals surface area contributed by atoms with Crippen LogP contribution in [0.15, 0.2) is 18.2 Å². The van der Waals surface area contributed by atoms with Crippen LogP contribution in [0.25, 0.3) is 0 Å². The second-order valence-corrected chi connectivity index (χ2v) is 3.23. The molecule has 1 aromatic rings. The summed E-state index contributed by atoms with van der Waals surface area (Å²) in [5, 5.41) is 27.2. The van der Waals surface area contributed by atoms with Crippen LogP contribution in [0.3, 0.4) is 0 Å². The predicted octanol–water partition coefficient (Wildman–Crippen LogP) is -0.244. The van der Waals surface area contributed by atoms with Crippen LogP contribution in [0.1, 0.15) is 11.7 Å². The summed E-state index contributed by atoms with van der Waals surface area (Å²) in [6.45, 7) is 0. The SMILES string of the molecule is COc1cc(C(O)C(O)C(=O)O)ccc1N. The standard InChI is InChI=1S/C10H13NO5/c1-16-7-4-5(2-3-6(7)11)8(12)9(13)10(14)15/h2-4,8-9,12-13H,11H2,1H3,(H,14,15). The number of methoxy groups -OCH3 is 1. The highest BCUT2D eigenvalue weighted by Gasteiger charge is 2.25. The number of aliphatic hydroxyl groups excluding tert-OH is 2. The number of aliphatic carboxylic acids is 1. The van der Waals surface area contributed by atoms with Crippen LogP contribution >= 0.6 is 0 Å². The van der Waals surface area contributed by atoms with E-state index < -0.39 is 18.2 Å². The van der Waals surface area contributed by atoms with Gasteiger partial charge in [0.25, 0.3) is 0 Å². The van der Waals surface area contributed by atoms with Gasteiger partial charge in [0.05, 0.1) is 12.8 Å². The van der Waals surface area contributed by atoms with E-state index in [1.165, 1.54) is 25.3 Å². The quantitative estimate of drug-likeness (QED) is 0.528. The van der Waals surface area contributed by atoms with Gasteiger partial charge in [0.1, 0.15) is 11.9 Å². The van der Waals surface area contributed by atoms with E-state index >= 15 is 0 Å². The van der Waals surface area contributed by atoms with Gasteiger partial charge >= 0.3 is 5.97 Å². The molecule has 0 bridgehead atoms. The van der Waals surface area contributed by atoms with E-state index in [-0.39, 0.29) is 5.56 Å². The van der Waals surface area contributed by atoms with Gasteiger partial charge in [0, 0.05) is 0 Å². The van der Waals surface area contributed by atoms with Gasteiger partial charge in [-0.15, -0.1) is 0 Å². The molecule has 6 heteroatoms. The molecular formula is C10H13NO5. The van der Waals surface area contributed by atoms with Gasteiger partial charge in [-0.1, -0.05) is 6.07 Å². The van der Waals surface area contributed by atoms with E-state index in [9.17, 15) is 9.90 Å². The Hall–Kier alpha value is -1.79. The fourth-order valence-corrected chi connectivity index (χ4v) is 1.23. The molecule has 6 nitrogen and oxygen atoms in total. The number of nitrogen functional groups attached to an aromatic ring is 1. The van der Waals surface area contributed by atoms with Crippen LogP contribution < -0.4 is 10.5 Å². The Morgan fingerprint density at radius 1 is 1.44 bits per heavy atom. The van der Waals surface area contributed by atoms with Gasteiger partial charge in [-0.2, -0.15) is 0 Å². The summed E-state index contributed by atoms with van der Waals surface area (Å²) >= 11 is 0. The molecule has 1 rings (SSSR count). The molecule has 0 radical (unpaired) electrons. The molecule has 2 unspecified atom stereocenters. The first-order valence-electron chi connectivity index (χ1n) is 4.49. The van der Waals surface area contributed by atoms with Crippen LogP contribution in [-0.2, 0) is 4.79 Å². The zero-order chi connectivity index (χ0) is 12.3. The lowest BCUT2D eigenvalue weighted by atomic mass is 10.0. The minimum absolute atomic E-state index is 0.223. The molecule has 0 saturated heterocycles. The first kappa shape index (κ1) is 12.3. The van der Waals surface area contributed by atoms with Crippen molar-refractivity contribution in [3.63, 3.8) is 0 Å². The lowest BCUT2D eigenvalue weighted by Crippen LogP contribution is -2.27. The molecule has 5 N–H and O–H groups in total. The molecule has 16 heavy (non-hydrogen) atoms. The normalized spacial score (nSPS) is 14.2. The number of nitrogens with two attached hydrogens (primary N) is 1. The van der Waals surface area contributed by atoms with Crippen LogP contribution in [0, 0.1) is 0 Å². The van der Waals surface area contributed by atoms with Crippen molar-refractivity contribution in [2.24, 2.45) is 0 Å². The van der Waals surface area contributed by atoms with Crippen LogP contribution in [0.4, 0.5) is 5.69 Å². The summed E-state index contributed by atoms with van der Waals surface area (Å²) < 4.78 is 4.91. The molecule has 1 aromatic carbocycles. The first-order chi connectivity index (χ1) is 7.47. The van der Waals surface area contributed by atoms with Crippen molar-refractivity contribution in [2.45, 2.75) is 12.2 Å². The second kappa shape index (κ2) is 4.82. The van der Waals surface area contributed by atoms with Crippen molar-refractivity contribution in [3.8, 4) is 5.75 Å². The summed E-state index contributed by atoms with van der Waals surface area (Å²) in [5.74, 6) is -1.18. The highest BCUT2D eigenvalue weighted by atomic mass is 16.5. The number of hydrogen-bond donors (Lipinski definition) is 4. The topological polar surface area (TPSA) is 113 Å². The highest BCUT2D eigenvalue weighted by Crippen LogP contribution is 2.27. The Morgan fingerprint density at radius 2 is 2.06 bits per heavy atom. The first-order valence-corrected chi connectivity index (χ1v) is 4.49. The monoisotopic (exact) mass is 227 g/mol. The van der Waals surface area contributed by atoms with Crippen molar-refractivity contribution in [3.05, 3.63) is 23.8 Å². The van der Waals surface area contributed by atoms with E-state index in [1.54, 1.807) is 0 Å². The number of carboxylic acid groups (broad SMARTS) is 1. The number of anilines is 1. The number of aliphatic hydroxyl groups is 2. The number of carboxylic acids is 1. The van der Waals surface area contributed by atoms with Crippen molar-refractivity contribution in [2.75, 3.05) is 12.8 Å². The van der Waals surface area contributed by atoms with Gasteiger partial charge < -0.3 is 25.8 Å². The molecule has 0 saturated carbocycles. The van der Waals surface area contributed by atoms with Crippen molar-refractivity contribution < 1.29 is 24.9 Å². The van der Waals surface area contributed by atoms with E-state index in [0.717, 1.165) is 0 Å². The number of benzene rings is 1. The molecule has 0 aliphatic heterocycles. The highest BCUT2D eigenvalue weighted by molar-refractivity contribution is 5.73. The van der Waals surface area contributed by atoms with E-state index in [4.69, 9.17) is 20.7 Å². The van der Waals surface area contributed by atoms with Crippen molar-refractivity contribution >= 4 is 11.7 Å². The van der Waals surface area contributed by atoms with E-state index in [1.807, 2.05) is 0 Å². The summed E-state index contributed by atoms with van der Waals surface area (Å²) in [7, 11) is 1.40. The van der Waals surface area contributed by atoms with Crippen LogP contribution in [-0.4, -0.2) is 34.5 Å². The number of rotatable bonds is 4. The molecule has 0 fully saturated rings. The molecule has 2 atom stereocenters. The van der Waals surface area contributed by atoms with Crippen LogP contribution in [0.2, 0.25) is 0 Å². The Balaban J connectivity index is 3.00. The van der Waals surface area contributed by atoms with E-state index in [0.29, 0.717) is 11.4 Å². The molecule has 0 aliphatic carbocycles. The lowest BCUT2D eigenvalue weighted by Gasteiger charge is -2.15. The third-order valence-electron chi connectivity index (χ3n) is 2.15. The van der Waals surface area contributed by atoms with Crippen molar-refractivity contribution in [1.29, 1.82) is 0 Å². The third kappa shape index (κ3) is 2.41. The Labute approximate surface area is 91.9 Å². The molecule has 0 heterocycles. The van der Waals surface area contributed by atoms with Crippen LogP contribution in [0.5, 0.6) is 5.75 Å². The summed E-state index contributed by atoms with van der Waals surface area (Å²) in [4.78, 5) is 10.5. The molecule has 0 aromatic heterocycles. The molecule has 0 aliphatic rings. The van der Waals surface area contributed by atoms with Gasteiger partial charge in [-0.05, 0) is 17.7 Å². The molecular weight excluding hydrogens is 214 g/mol. The van der Waals surface area contributed by atoms with Gasteiger partial charge in [-0.3, -0.25) is 0 Å². The third-order valence-corrected chi connectivity index (χ3v) is 2.15. The zero-order valence-corrected chi connectivity index (χ0v) is 8.62. The molecule has 88 valence electrons. The average Bonchev–Trinajstić information content (AvgIpc) is 2.27. The maximum Gasteiger partial charge on any atom is 0.335 e. The Kier molecular flexibility index (Phi) is 3.70. The maximum absolute atomic E-state index is 10.5. The smallest absolute Gasteiger partial charge is 0.335 e. The largest absolute Gasteiger partial charge is 0.495 e. The molecule has 0 amide bonds. The van der Waals surface area contributed by atoms with Gasteiger partial charge in [0.15, 0.2) is 6.10 Å². The summed E-state index contributed by atoms with van der Waals surface area (Å²) in [6, 6.07) is 4.27. The number of ether oxygens (including phenoxy) is 1. The van der Waals surface area contributed by atoms with Gasteiger partial charge in [-0.25, -0.2) is 4.79 Å². The molecule has 0 spiro atoms. The van der Waals surface area contributed by atoms with E-state index in [2.05, 4.69) is 0 Å². The van der Waals surface area contributed by atoms with Crippen molar-refractivity contribution in [1.82, 2.24) is 0 Å². The fraction of sp³-hybridized carbons (Fsp3) is 0.300. The summed E-state index contributed by atoms with van der Waals surface area (Å²) in [6.07, 6.45) is -3.40. The average molecular weight is 227 g/mol. The minimum Gasteiger partial charge on any atom is -0.495 e. The predicted molar refractivity (Wildman–Crippen MR) is 56.0 cm³/mol. The maximum atomic E-state index is 10.5. The minimum atomic E-state index is -1.88. The Bertz CT molecular complexity index is 393. The lowest BCUT2D eigenvalue weighted by molar-refractivity contribution is -0.153. The number of hydrogen-bond acceptors (Lipinski definition) is 5. The Morgan fingerprint density at radius 3 is 2.56 bits per heavy atom. The van der Waals surface area contributed by atoms with Gasteiger partial charge in [0.2, 0.25) is 0 Å². The summed E-state index contributed by atoms with van der Waals surface area (Å²) in [5.41, 5.74) is 6.14. The number of carbonyl (C=O) groups is 1. The fourth-order valence-electron chi connectivity index (χ4n) is 1.23. The second-order valence-electron chi connectivity index (χ2n) is 3.23. The zero-order valence-electron chi connectivity index (χ0n) is 8.62.